The van der Waals surface area contributed by atoms with Gasteiger partial charge >= 0.3 is 0 Å². The van der Waals surface area contributed by atoms with E-state index in [0.29, 0.717) is 16.6 Å². The summed E-state index contributed by atoms with van der Waals surface area (Å²) in [7, 11) is 1.76. The minimum absolute atomic E-state index is 0.167. The second kappa shape index (κ2) is 6.36. The van der Waals surface area contributed by atoms with Crippen LogP contribution in [0.4, 0.5) is 0 Å². The summed E-state index contributed by atoms with van der Waals surface area (Å²) in [4.78, 5) is 14.7. The molecule has 0 radical (unpaired) electrons. The number of nitrogens with zero attached hydrogens (tertiary/aromatic N) is 3. The molecule has 116 valence electrons. The summed E-state index contributed by atoms with van der Waals surface area (Å²) in [5.41, 5.74) is 0.324. The van der Waals surface area contributed by atoms with Crippen molar-refractivity contribution in [2.45, 2.75) is 38.1 Å². The first-order valence-corrected chi connectivity index (χ1v) is 8.22. The van der Waals surface area contributed by atoms with Gasteiger partial charge in [0, 0.05) is 32.4 Å². The number of aromatic nitrogens is 2. The van der Waals surface area contributed by atoms with Crippen molar-refractivity contribution in [2.24, 2.45) is 13.0 Å². The Hall–Kier alpha value is -1.07. The van der Waals surface area contributed by atoms with Crippen molar-refractivity contribution in [3.63, 3.8) is 0 Å². The van der Waals surface area contributed by atoms with Crippen molar-refractivity contribution < 1.29 is 4.79 Å². The van der Waals surface area contributed by atoms with Gasteiger partial charge in [-0.05, 0) is 31.7 Å². The van der Waals surface area contributed by atoms with Crippen LogP contribution in [0.1, 0.15) is 42.6 Å². The largest absolute Gasteiger partial charge is 0.350 e. The molecule has 1 atom stereocenters. The summed E-state index contributed by atoms with van der Waals surface area (Å²) >= 11 is 5.99. The maximum Gasteiger partial charge on any atom is 0.273 e. The standard InChI is InChI=1S/C15H23ClN4O/c1-19-10-13(16)14(18-19)15(21)17-8-11-6-7-20(9-11)12-4-2-3-5-12/h10-12H,2-9H2,1H3,(H,17,21). The first-order chi connectivity index (χ1) is 10.1. The van der Waals surface area contributed by atoms with E-state index < -0.39 is 0 Å². The van der Waals surface area contributed by atoms with E-state index in [4.69, 9.17) is 11.6 Å². The highest BCUT2D eigenvalue weighted by atomic mass is 35.5. The molecule has 2 heterocycles. The molecule has 1 aromatic heterocycles. The number of aryl methyl sites for hydroxylation is 1. The maximum absolute atomic E-state index is 12.1. The molecule has 1 aliphatic carbocycles. The lowest BCUT2D eigenvalue weighted by atomic mass is 10.1. The average Bonchev–Trinajstić information content (AvgIpc) is 3.15. The van der Waals surface area contributed by atoms with Gasteiger partial charge in [0.05, 0.1) is 5.02 Å². The zero-order valence-electron chi connectivity index (χ0n) is 12.5. The molecule has 1 unspecified atom stereocenters. The molecule has 1 saturated heterocycles. The molecule has 1 N–H and O–H groups in total. The third-order valence-electron chi connectivity index (χ3n) is 4.71. The van der Waals surface area contributed by atoms with E-state index in [0.717, 1.165) is 19.1 Å². The maximum atomic E-state index is 12.1. The van der Waals surface area contributed by atoms with Crippen molar-refractivity contribution >= 4 is 17.5 Å². The van der Waals surface area contributed by atoms with Crippen LogP contribution in [0.2, 0.25) is 5.02 Å². The Kier molecular flexibility index (Phi) is 4.50. The highest BCUT2D eigenvalue weighted by Crippen LogP contribution is 2.28. The topological polar surface area (TPSA) is 50.2 Å². The highest BCUT2D eigenvalue weighted by molar-refractivity contribution is 6.33. The Balaban J connectivity index is 1.47. The van der Waals surface area contributed by atoms with Crippen LogP contribution in [0.5, 0.6) is 0 Å². The zero-order valence-corrected chi connectivity index (χ0v) is 13.3. The van der Waals surface area contributed by atoms with Gasteiger partial charge in [0.15, 0.2) is 5.69 Å². The molecule has 1 aromatic rings. The molecular formula is C15H23ClN4O. The molecule has 21 heavy (non-hydrogen) atoms. The monoisotopic (exact) mass is 310 g/mol. The van der Waals surface area contributed by atoms with E-state index in [2.05, 4.69) is 15.3 Å². The van der Waals surface area contributed by atoms with Crippen LogP contribution >= 0.6 is 11.6 Å². The Labute approximate surface area is 130 Å². The van der Waals surface area contributed by atoms with Gasteiger partial charge in [-0.1, -0.05) is 24.4 Å². The number of rotatable bonds is 4. The molecule has 2 aliphatic rings. The summed E-state index contributed by atoms with van der Waals surface area (Å²) < 4.78 is 1.56. The predicted molar refractivity (Wildman–Crippen MR) is 82.5 cm³/mol. The molecule has 5 nitrogen and oxygen atoms in total. The number of carbonyl (C=O) groups excluding carboxylic acids is 1. The number of amides is 1. The van der Waals surface area contributed by atoms with Crippen LogP contribution in [0.25, 0.3) is 0 Å². The molecule has 0 spiro atoms. The fourth-order valence-electron chi connectivity index (χ4n) is 3.56. The molecule has 0 aromatic carbocycles. The first-order valence-electron chi connectivity index (χ1n) is 7.85. The molecule has 3 rings (SSSR count). The van der Waals surface area contributed by atoms with Gasteiger partial charge in [-0.2, -0.15) is 5.10 Å². The van der Waals surface area contributed by atoms with Gasteiger partial charge in [0.2, 0.25) is 0 Å². The predicted octanol–water partition coefficient (Wildman–Crippen LogP) is 2.07. The number of hydrogen-bond donors (Lipinski definition) is 1. The van der Waals surface area contributed by atoms with E-state index in [1.165, 1.54) is 38.6 Å². The van der Waals surface area contributed by atoms with Crippen LogP contribution in [-0.2, 0) is 7.05 Å². The lowest BCUT2D eigenvalue weighted by Gasteiger charge is -2.23. The van der Waals surface area contributed by atoms with Crippen LogP contribution in [0, 0.1) is 5.92 Å². The van der Waals surface area contributed by atoms with Crippen LogP contribution in [0.3, 0.4) is 0 Å². The summed E-state index contributed by atoms with van der Waals surface area (Å²) in [5, 5.41) is 7.49. The van der Waals surface area contributed by atoms with Gasteiger partial charge in [-0.3, -0.25) is 9.48 Å². The second-order valence-corrected chi connectivity index (χ2v) is 6.70. The Morgan fingerprint density at radius 1 is 1.43 bits per heavy atom. The summed E-state index contributed by atoms with van der Waals surface area (Å²) in [5.74, 6) is 0.386. The van der Waals surface area contributed by atoms with E-state index in [1.807, 2.05) is 0 Å². The summed E-state index contributed by atoms with van der Waals surface area (Å²) in [6.07, 6.45) is 8.27. The van der Waals surface area contributed by atoms with Gasteiger partial charge < -0.3 is 10.2 Å². The fraction of sp³-hybridized carbons (Fsp3) is 0.733. The minimum Gasteiger partial charge on any atom is -0.350 e. The molecule has 6 heteroatoms. The van der Waals surface area contributed by atoms with Crippen molar-refractivity contribution in [3.8, 4) is 0 Å². The first kappa shape index (κ1) is 14.9. The van der Waals surface area contributed by atoms with E-state index in [1.54, 1.807) is 17.9 Å². The summed E-state index contributed by atoms with van der Waals surface area (Å²) in [6.45, 7) is 3.01. The van der Waals surface area contributed by atoms with Crippen molar-refractivity contribution in [1.29, 1.82) is 0 Å². The van der Waals surface area contributed by atoms with Gasteiger partial charge in [0.25, 0.3) is 5.91 Å². The molecule has 1 saturated carbocycles. The fourth-order valence-corrected chi connectivity index (χ4v) is 3.83. The molecule has 1 aliphatic heterocycles. The molecule has 2 fully saturated rings. The van der Waals surface area contributed by atoms with Gasteiger partial charge in [-0.25, -0.2) is 0 Å². The van der Waals surface area contributed by atoms with Crippen LogP contribution in [-0.4, -0.2) is 46.3 Å². The number of likely N-dealkylation sites (tertiary alicyclic amines) is 1. The highest BCUT2D eigenvalue weighted by Gasteiger charge is 2.30. The van der Waals surface area contributed by atoms with Gasteiger partial charge in [0.1, 0.15) is 0 Å². The van der Waals surface area contributed by atoms with E-state index in [9.17, 15) is 4.79 Å². The number of carbonyl (C=O) groups is 1. The molecular weight excluding hydrogens is 288 g/mol. The average molecular weight is 311 g/mol. The van der Waals surface area contributed by atoms with Crippen molar-refractivity contribution in [2.75, 3.05) is 19.6 Å². The number of halogens is 1. The van der Waals surface area contributed by atoms with Crippen LogP contribution in [0.15, 0.2) is 6.20 Å². The smallest absolute Gasteiger partial charge is 0.273 e. The lowest BCUT2D eigenvalue weighted by molar-refractivity contribution is 0.0941. The third kappa shape index (κ3) is 3.40. The van der Waals surface area contributed by atoms with E-state index >= 15 is 0 Å². The molecule has 0 bridgehead atoms. The Morgan fingerprint density at radius 3 is 2.86 bits per heavy atom. The van der Waals surface area contributed by atoms with Crippen LogP contribution < -0.4 is 5.32 Å². The Bertz CT molecular complexity index is 510. The quantitative estimate of drug-likeness (QED) is 0.926. The minimum atomic E-state index is -0.167. The zero-order chi connectivity index (χ0) is 14.8. The normalized spacial score (nSPS) is 23.8. The lowest BCUT2D eigenvalue weighted by Crippen LogP contribution is -2.34. The Morgan fingerprint density at radius 2 is 2.19 bits per heavy atom. The molecule has 1 amide bonds. The summed E-state index contributed by atoms with van der Waals surface area (Å²) in [6, 6.07) is 0.788. The SMILES string of the molecule is Cn1cc(Cl)c(C(=O)NCC2CCN(C3CCCC3)C2)n1. The van der Waals surface area contributed by atoms with Crippen molar-refractivity contribution in [3.05, 3.63) is 16.9 Å². The van der Waals surface area contributed by atoms with Gasteiger partial charge in [-0.15, -0.1) is 0 Å². The van der Waals surface area contributed by atoms with Crippen molar-refractivity contribution in [1.82, 2.24) is 20.0 Å². The third-order valence-corrected chi connectivity index (χ3v) is 4.99. The second-order valence-electron chi connectivity index (χ2n) is 6.30. The van der Waals surface area contributed by atoms with E-state index in [-0.39, 0.29) is 5.91 Å². The number of hydrogen-bond acceptors (Lipinski definition) is 3. The number of nitrogens with one attached hydrogen (secondary N) is 1.